The largest absolute Gasteiger partial charge is 0.327 e. The van der Waals surface area contributed by atoms with Crippen LogP contribution in [0, 0.1) is 5.92 Å². The number of hydrogen-bond donors (Lipinski definition) is 1. The molecule has 100 valence electrons. The van der Waals surface area contributed by atoms with Crippen LogP contribution in [0.25, 0.3) is 0 Å². The SMILES string of the molecule is CSC1(CN2CCC(N)C(C)C2C)CCCC1. The van der Waals surface area contributed by atoms with E-state index in [1.54, 1.807) is 0 Å². The maximum atomic E-state index is 6.17. The number of rotatable bonds is 3. The lowest BCUT2D eigenvalue weighted by Crippen LogP contribution is -2.54. The first-order valence-corrected chi connectivity index (χ1v) is 8.35. The predicted molar refractivity (Wildman–Crippen MR) is 77.5 cm³/mol. The molecule has 0 aromatic rings. The fourth-order valence-corrected chi connectivity index (χ4v) is 4.50. The minimum atomic E-state index is 0.412. The Balaban J connectivity index is 1.98. The average Bonchev–Trinajstić information content (AvgIpc) is 2.79. The highest BCUT2D eigenvalue weighted by Crippen LogP contribution is 2.41. The van der Waals surface area contributed by atoms with Crippen LogP contribution in [-0.4, -0.2) is 41.1 Å². The van der Waals surface area contributed by atoms with Crippen molar-refractivity contribution in [3.63, 3.8) is 0 Å². The van der Waals surface area contributed by atoms with Crippen LogP contribution in [0.2, 0.25) is 0 Å². The van der Waals surface area contributed by atoms with Crippen LogP contribution in [-0.2, 0) is 0 Å². The zero-order valence-electron chi connectivity index (χ0n) is 11.6. The van der Waals surface area contributed by atoms with E-state index in [0.29, 0.717) is 22.7 Å². The van der Waals surface area contributed by atoms with Gasteiger partial charge in [-0.15, -0.1) is 0 Å². The minimum absolute atomic E-state index is 0.412. The molecule has 3 unspecified atom stereocenters. The van der Waals surface area contributed by atoms with E-state index in [4.69, 9.17) is 5.73 Å². The fourth-order valence-electron chi connectivity index (χ4n) is 3.51. The molecule has 1 saturated heterocycles. The van der Waals surface area contributed by atoms with Crippen molar-refractivity contribution in [1.29, 1.82) is 0 Å². The highest BCUT2D eigenvalue weighted by molar-refractivity contribution is 8.00. The molecule has 0 radical (unpaired) electrons. The number of thioether (sulfide) groups is 1. The summed E-state index contributed by atoms with van der Waals surface area (Å²) in [5.74, 6) is 0.643. The van der Waals surface area contributed by atoms with Gasteiger partial charge in [0.05, 0.1) is 0 Å². The highest BCUT2D eigenvalue weighted by atomic mass is 32.2. The van der Waals surface area contributed by atoms with Crippen molar-refractivity contribution in [3.8, 4) is 0 Å². The van der Waals surface area contributed by atoms with E-state index in [-0.39, 0.29) is 0 Å². The van der Waals surface area contributed by atoms with Crippen molar-refractivity contribution >= 4 is 11.8 Å². The van der Waals surface area contributed by atoms with Gasteiger partial charge in [0, 0.05) is 23.4 Å². The summed E-state index contributed by atoms with van der Waals surface area (Å²) < 4.78 is 0.551. The second-order valence-electron chi connectivity index (χ2n) is 6.12. The number of piperidine rings is 1. The van der Waals surface area contributed by atoms with E-state index in [1.165, 1.54) is 45.2 Å². The van der Waals surface area contributed by atoms with Gasteiger partial charge in [-0.1, -0.05) is 19.8 Å². The minimum Gasteiger partial charge on any atom is -0.327 e. The lowest BCUT2D eigenvalue weighted by Gasteiger charge is -2.45. The van der Waals surface area contributed by atoms with Gasteiger partial charge < -0.3 is 5.73 Å². The van der Waals surface area contributed by atoms with Crippen LogP contribution < -0.4 is 5.73 Å². The summed E-state index contributed by atoms with van der Waals surface area (Å²) in [6.45, 7) is 7.18. The van der Waals surface area contributed by atoms with Crippen LogP contribution in [0.3, 0.4) is 0 Å². The van der Waals surface area contributed by atoms with Crippen LogP contribution in [0.5, 0.6) is 0 Å². The van der Waals surface area contributed by atoms with Crippen LogP contribution in [0.15, 0.2) is 0 Å². The zero-order chi connectivity index (χ0) is 12.5. The van der Waals surface area contributed by atoms with E-state index in [0.717, 1.165) is 0 Å². The maximum absolute atomic E-state index is 6.17. The van der Waals surface area contributed by atoms with Crippen molar-refractivity contribution in [3.05, 3.63) is 0 Å². The molecule has 1 aliphatic heterocycles. The molecular formula is C14H28N2S. The number of hydrogen-bond acceptors (Lipinski definition) is 3. The maximum Gasteiger partial charge on any atom is 0.0284 e. The summed E-state index contributed by atoms with van der Waals surface area (Å²) in [5.41, 5.74) is 6.17. The third kappa shape index (κ3) is 2.82. The molecule has 2 rings (SSSR count). The Kier molecular flexibility index (Phi) is 4.43. The van der Waals surface area contributed by atoms with Crippen LogP contribution in [0.1, 0.15) is 46.0 Å². The van der Waals surface area contributed by atoms with E-state index in [9.17, 15) is 0 Å². The van der Waals surface area contributed by atoms with E-state index in [2.05, 4.69) is 36.8 Å². The Morgan fingerprint density at radius 3 is 2.53 bits per heavy atom. The van der Waals surface area contributed by atoms with E-state index >= 15 is 0 Å². The summed E-state index contributed by atoms with van der Waals surface area (Å²) in [6.07, 6.45) is 9.16. The molecule has 0 aromatic heterocycles. The molecule has 1 aliphatic carbocycles. The molecule has 0 bridgehead atoms. The van der Waals surface area contributed by atoms with E-state index in [1.807, 2.05) is 0 Å². The lowest BCUT2D eigenvalue weighted by molar-refractivity contribution is 0.0880. The van der Waals surface area contributed by atoms with Gasteiger partial charge in [0.2, 0.25) is 0 Å². The summed E-state index contributed by atoms with van der Waals surface area (Å²) in [4.78, 5) is 2.70. The van der Waals surface area contributed by atoms with Crippen LogP contribution >= 0.6 is 11.8 Å². The molecule has 3 heteroatoms. The molecule has 1 heterocycles. The van der Waals surface area contributed by atoms with Gasteiger partial charge in [0.1, 0.15) is 0 Å². The highest BCUT2D eigenvalue weighted by Gasteiger charge is 2.38. The number of likely N-dealkylation sites (tertiary alicyclic amines) is 1. The quantitative estimate of drug-likeness (QED) is 0.842. The third-order valence-corrected chi connectivity index (χ3v) is 6.60. The van der Waals surface area contributed by atoms with Crippen LogP contribution in [0.4, 0.5) is 0 Å². The summed E-state index contributed by atoms with van der Waals surface area (Å²) in [7, 11) is 0. The standard InChI is InChI=1S/C14H28N2S/c1-11-12(2)16(9-6-13(11)15)10-14(17-3)7-4-5-8-14/h11-13H,4-10,15H2,1-3H3. The molecular weight excluding hydrogens is 228 g/mol. The second-order valence-corrected chi connectivity index (χ2v) is 7.39. The third-order valence-electron chi connectivity index (χ3n) is 5.20. The zero-order valence-corrected chi connectivity index (χ0v) is 12.4. The Morgan fingerprint density at radius 2 is 1.94 bits per heavy atom. The summed E-state index contributed by atoms with van der Waals surface area (Å²) in [5, 5.41) is 0. The van der Waals surface area contributed by atoms with Gasteiger partial charge in [-0.3, -0.25) is 4.90 Å². The first-order chi connectivity index (χ1) is 8.08. The molecule has 2 N–H and O–H groups in total. The Bertz CT molecular complexity index is 251. The molecule has 0 spiro atoms. The van der Waals surface area contributed by atoms with Gasteiger partial charge in [-0.25, -0.2) is 0 Å². The Morgan fingerprint density at radius 1 is 1.29 bits per heavy atom. The molecule has 17 heavy (non-hydrogen) atoms. The Hall–Kier alpha value is 0.270. The van der Waals surface area contributed by atoms with E-state index < -0.39 is 0 Å². The topological polar surface area (TPSA) is 29.3 Å². The monoisotopic (exact) mass is 256 g/mol. The Labute approximate surface area is 111 Å². The normalized spacial score (nSPS) is 38.5. The van der Waals surface area contributed by atoms with Gasteiger partial charge in [-0.2, -0.15) is 11.8 Å². The molecule has 2 nitrogen and oxygen atoms in total. The van der Waals surface area contributed by atoms with Crippen molar-refractivity contribution in [2.24, 2.45) is 11.7 Å². The average molecular weight is 256 g/mol. The predicted octanol–water partition coefficient (Wildman–Crippen LogP) is 2.72. The van der Waals surface area contributed by atoms with Crippen molar-refractivity contribution in [2.45, 2.75) is 62.8 Å². The van der Waals surface area contributed by atoms with Crippen molar-refractivity contribution in [1.82, 2.24) is 4.90 Å². The molecule has 2 aliphatic rings. The molecule has 1 saturated carbocycles. The first-order valence-electron chi connectivity index (χ1n) is 7.13. The molecule has 0 amide bonds. The number of nitrogens with two attached hydrogens (primary N) is 1. The lowest BCUT2D eigenvalue weighted by atomic mass is 9.87. The van der Waals surface area contributed by atoms with Gasteiger partial charge in [-0.05, 0) is 44.9 Å². The fraction of sp³-hybridized carbons (Fsp3) is 1.00. The summed E-state index contributed by atoms with van der Waals surface area (Å²) in [6, 6.07) is 1.07. The number of nitrogens with zero attached hydrogens (tertiary/aromatic N) is 1. The molecule has 3 atom stereocenters. The molecule has 2 fully saturated rings. The van der Waals surface area contributed by atoms with Crippen molar-refractivity contribution < 1.29 is 0 Å². The van der Waals surface area contributed by atoms with Gasteiger partial charge >= 0.3 is 0 Å². The van der Waals surface area contributed by atoms with Crippen molar-refractivity contribution in [2.75, 3.05) is 19.3 Å². The first kappa shape index (κ1) is 13.7. The second kappa shape index (κ2) is 5.50. The van der Waals surface area contributed by atoms with Gasteiger partial charge in [0.25, 0.3) is 0 Å². The smallest absolute Gasteiger partial charge is 0.0284 e. The molecule has 0 aromatic carbocycles. The van der Waals surface area contributed by atoms with Gasteiger partial charge in [0.15, 0.2) is 0 Å². The summed E-state index contributed by atoms with van der Waals surface area (Å²) >= 11 is 2.10.